The van der Waals surface area contributed by atoms with Crippen LogP contribution in [-0.4, -0.2) is 51.7 Å². The van der Waals surface area contributed by atoms with E-state index in [1.807, 2.05) is 24.3 Å². The summed E-state index contributed by atoms with van der Waals surface area (Å²) in [5.41, 5.74) is 1.06. The Bertz CT molecular complexity index is 1200. The van der Waals surface area contributed by atoms with Crippen molar-refractivity contribution in [2.24, 2.45) is 29.6 Å². The van der Waals surface area contributed by atoms with E-state index in [1.54, 1.807) is 18.9 Å². The quantitative estimate of drug-likeness (QED) is 0.654. The number of carboxylic acid groups (broad SMARTS) is 1. The predicted molar refractivity (Wildman–Crippen MR) is 116 cm³/mol. The highest BCUT2D eigenvalue weighted by molar-refractivity contribution is 8.00. The fraction of sp³-hybridized carbons (Fsp3) is 0.455. The molecule has 0 spiro atoms. The van der Waals surface area contributed by atoms with Crippen molar-refractivity contribution in [3.8, 4) is 5.75 Å². The molecule has 1 aromatic heterocycles. The number of H-pyrrole nitrogens is 1. The molecule has 2 aliphatic heterocycles. The van der Waals surface area contributed by atoms with Crippen molar-refractivity contribution >= 4 is 40.9 Å². The van der Waals surface area contributed by atoms with Gasteiger partial charge in [-0.05, 0) is 41.9 Å². The molecule has 2 bridgehead atoms. The van der Waals surface area contributed by atoms with Gasteiger partial charge in [-0.2, -0.15) is 0 Å². The van der Waals surface area contributed by atoms with Crippen LogP contribution in [0.5, 0.6) is 5.75 Å². The standard InChI is InChI=1S/C22H20N2O6S2/c1-30-9-4-2-8(3-5-9)13-14-10-6-11(17(14)31-19-18(13)32-22(29)23-19)16-15(10)20(27)24(21(16)28)7-12(25)26/h2-5,10-11,13-17H,6-7H2,1H3,(H,23,29)(H,25,26)/t10-,11+,13+,14+,15+,16+,17+/m0/s1. The number of imide groups is 1. The Morgan fingerprint density at radius 1 is 1.16 bits per heavy atom. The molecule has 8 nitrogen and oxygen atoms in total. The van der Waals surface area contributed by atoms with Crippen molar-refractivity contribution in [3.63, 3.8) is 0 Å². The van der Waals surface area contributed by atoms with E-state index in [1.165, 1.54) is 11.3 Å². The summed E-state index contributed by atoms with van der Waals surface area (Å²) >= 11 is 2.83. The second-order valence-corrected chi connectivity index (χ2v) is 11.1. The molecule has 1 saturated heterocycles. The second kappa shape index (κ2) is 6.95. The first-order chi connectivity index (χ1) is 15.4. The van der Waals surface area contributed by atoms with Crippen molar-refractivity contribution in [1.29, 1.82) is 0 Å². The topological polar surface area (TPSA) is 117 Å². The van der Waals surface area contributed by atoms with E-state index in [9.17, 15) is 24.3 Å². The second-order valence-electron chi connectivity index (χ2n) is 8.89. The number of nitrogens with zero attached hydrogens (tertiary/aromatic N) is 1. The number of fused-ring (bicyclic) bond motifs is 9. The first-order valence-electron chi connectivity index (χ1n) is 10.5. The molecular formula is C22H20N2O6S2. The molecule has 0 unspecified atom stereocenters. The molecule has 0 radical (unpaired) electrons. The molecule has 7 atom stereocenters. The summed E-state index contributed by atoms with van der Waals surface area (Å²) in [6, 6.07) is 7.81. The van der Waals surface area contributed by atoms with Crippen LogP contribution in [0.15, 0.2) is 34.1 Å². The number of aromatic nitrogens is 1. The number of carboxylic acids is 1. The zero-order chi connectivity index (χ0) is 22.3. The maximum atomic E-state index is 13.1. The van der Waals surface area contributed by atoms with Gasteiger partial charge in [-0.15, -0.1) is 11.8 Å². The van der Waals surface area contributed by atoms with Crippen molar-refractivity contribution in [2.45, 2.75) is 22.6 Å². The molecule has 166 valence electrons. The summed E-state index contributed by atoms with van der Waals surface area (Å²) < 4.78 is 5.30. The van der Waals surface area contributed by atoms with Gasteiger partial charge < -0.3 is 14.8 Å². The summed E-state index contributed by atoms with van der Waals surface area (Å²) in [4.78, 5) is 54.4. The number of hydrogen-bond donors (Lipinski definition) is 2. The normalized spacial score (nSPS) is 34.4. The van der Waals surface area contributed by atoms with Crippen LogP contribution in [0.3, 0.4) is 0 Å². The first kappa shape index (κ1) is 20.0. The molecule has 6 rings (SSSR count). The number of methoxy groups -OCH3 is 1. The third-order valence-corrected chi connectivity index (χ3v) is 10.2. The maximum absolute atomic E-state index is 13.1. The average Bonchev–Trinajstić information content (AvgIpc) is 3.49. The summed E-state index contributed by atoms with van der Waals surface area (Å²) in [6.07, 6.45) is 0.780. The Labute approximate surface area is 191 Å². The molecule has 2 saturated carbocycles. The van der Waals surface area contributed by atoms with Gasteiger partial charge in [0.05, 0.1) is 24.0 Å². The van der Waals surface area contributed by atoms with Gasteiger partial charge in [0, 0.05) is 16.0 Å². The van der Waals surface area contributed by atoms with E-state index in [0.29, 0.717) is 0 Å². The Hall–Kier alpha value is -2.59. The lowest BCUT2D eigenvalue weighted by atomic mass is 9.68. The zero-order valence-corrected chi connectivity index (χ0v) is 18.7. The Balaban J connectivity index is 1.44. The van der Waals surface area contributed by atoms with E-state index in [0.717, 1.165) is 32.5 Å². The van der Waals surface area contributed by atoms with E-state index in [4.69, 9.17) is 4.74 Å². The zero-order valence-electron chi connectivity index (χ0n) is 17.0. The third-order valence-electron chi connectivity index (χ3n) is 7.58. The SMILES string of the molecule is COc1ccc([C@H]2c3sc(=O)[nH]c3S[C@@H]3[C@@H]4C[C@H]([C@H]5C(=O)N(CC(=O)O)C(=O)[C@H]45)[C@H]23)cc1. The van der Waals surface area contributed by atoms with E-state index < -0.39 is 24.3 Å². The lowest BCUT2D eigenvalue weighted by Crippen LogP contribution is -2.42. The molecule has 3 fully saturated rings. The Kier molecular flexibility index (Phi) is 4.36. The molecule has 2 aromatic rings. The molecule has 2 amide bonds. The number of thioether (sulfide) groups is 1. The number of ether oxygens (including phenoxy) is 1. The highest BCUT2D eigenvalue weighted by Gasteiger charge is 2.69. The van der Waals surface area contributed by atoms with Crippen LogP contribution in [0, 0.1) is 29.6 Å². The smallest absolute Gasteiger partial charge is 0.323 e. The van der Waals surface area contributed by atoms with Gasteiger partial charge >= 0.3 is 10.8 Å². The third kappa shape index (κ3) is 2.62. The van der Waals surface area contributed by atoms with Crippen molar-refractivity contribution in [3.05, 3.63) is 44.4 Å². The molecule has 3 heterocycles. The number of aromatic amines is 1. The average molecular weight is 473 g/mol. The highest BCUT2D eigenvalue weighted by Crippen LogP contribution is 2.68. The number of hydrogen-bond acceptors (Lipinski definition) is 7. The number of rotatable bonds is 4. The van der Waals surface area contributed by atoms with Crippen molar-refractivity contribution < 1.29 is 24.2 Å². The molecular weight excluding hydrogens is 452 g/mol. The van der Waals surface area contributed by atoms with Crippen LogP contribution < -0.4 is 9.61 Å². The number of amides is 2. The summed E-state index contributed by atoms with van der Waals surface area (Å²) in [6.45, 7) is -0.574. The fourth-order valence-corrected chi connectivity index (χ4v) is 9.44. The van der Waals surface area contributed by atoms with Gasteiger partial charge in [-0.3, -0.25) is 24.1 Å². The lowest BCUT2D eigenvalue weighted by Gasteiger charge is -2.43. The Morgan fingerprint density at radius 3 is 2.50 bits per heavy atom. The number of benzene rings is 1. The van der Waals surface area contributed by atoms with Crippen LogP contribution in [0.2, 0.25) is 0 Å². The van der Waals surface area contributed by atoms with E-state index in [2.05, 4.69) is 4.98 Å². The molecule has 1 aromatic carbocycles. The van der Waals surface area contributed by atoms with Gasteiger partial charge in [-0.1, -0.05) is 23.5 Å². The molecule has 2 aliphatic carbocycles. The minimum atomic E-state index is -1.18. The van der Waals surface area contributed by atoms with Gasteiger partial charge in [0.15, 0.2) is 0 Å². The number of likely N-dealkylation sites (tertiary alicyclic amines) is 1. The summed E-state index contributed by atoms with van der Waals surface area (Å²) in [5.74, 6) is -2.04. The van der Waals surface area contributed by atoms with E-state index >= 15 is 0 Å². The van der Waals surface area contributed by atoms with Crippen LogP contribution in [0.25, 0.3) is 0 Å². The van der Waals surface area contributed by atoms with Gasteiger partial charge in [0.1, 0.15) is 12.3 Å². The van der Waals surface area contributed by atoms with Crippen LogP contribution >= 0.6 is 23.1 Å². The van der Waals surface area contributed by atoms with Crippen molar-refractivity contribution in [2.75, 3.05) is 13.7 Å². The van der Waals surface area contributed by atoms with Gasteiger partial charge in [0.25, 0.3) is 0 Å². The van der Waals surface area contributed by atoms with Crippen LogP contribution in [0.1, 0.15) is 22.8 Å². The van der Waals surface area contributed by atoms with Crippen LogP contribution in [-0.2, 0) is 14.4 Å². The number of carbonyl (C=O) groups excluding carboxylic acids is 2. The first-order valence-corrected chi connectivity index (χ1v) is 12.2. The lowest BCUT2D eigenvalue weighted by molar-refractivity contribution is -0.149. The molecule has 4 aliphatic rings. The summed E-state index contributed by atoms with van der Waals surface area (Å²) in [5, 5.41) is 10.1. The van der Waals surface area contributed by atoms with Crippen LogP contribution in [0.4, 0.5) is 0 Å². The minimum Gasteiger partial charge on any atom is -0.497 e. The van der Waals surface area contributed by atoms with E-state index in [-0.39, 0.29) is 45.6 Å². The van der Waals surface area contributed by atoms with Crippen molar-refractivity contribution in [1.82, 2.24) is 9.88 Å². The predicted octanol–water partition coefficient (Wildman–Crippen LogP) is 2.00. The van der Waals surface area contributed by atoms with Gasteiger partial charge in [0.2, 0.25) is 11.8 Å². The highest BCUT2D eigenvalue weighted by atomic mass is 32.2. The molecule has 2 N–H and O–H groups in total. The minimum absolute atomic E-state index is 0.00690. The number of carbonyl (C=O) groups is 3. The number of aliphatic carboxylic acids is 1. The monoisotopic (exact) mass is 472 g/mol. The van der Waals surface area contributed by atoms with Gasteiger partial charge in [-0.25, -0.2) is 0 Å². The largest absolute Gasteiger partial charge is 0.497 e. The Morgan fingerprint density at radius 2 is 1.84 bits per heavy atom. The number of nitrogens with one attached hydrogen (secondary N) is 1. The molecule has 10 heteroatoms. The molecule has 32 heavy (non-hydrogen) atoms. The summed E-state index contributed by atoms with van der Waals surface area (Å²) in [7, 11) is 1.61. The number of thiazole rings is 1. The fourth-order valence-electron chi connectivity index (χ4n) is 6.55. The maximum Gasteiger partial charge on any atom is 0.323 e.